The number of ketones is 1. The van der Waals surface area contributed by atoms with Gasteiger partial charge in [0, 0.05) is 30.0 Å². The minimum atomic E-state index is -2.94. The Bertz CT molecular complexity index is 1420. The fraction of sp³-hybridized carbons (Fsp3) is 0.385. The monoisotopic (exact) mass is 547 g/mol. The molecule has 4 heterocycles. The molecule has 2 aromatic heterocycles. The zero-order chi connectivity index (χ0) is 27.9. The van der Waals surface area contributed by atoms with Crippen molar-refractivity contribution in [2.24, 2.45) is 5.92 Å². The van der Waals surface area contributed by atoms with Crippen LogP contribution in [-0.4, -0.2) is 73.2 Å². The molecule has 9 nitrogen and oxygen atoms in total. The molecule has 0 radical (unpaired) electrons. The summed E-state index contributed by atoms with van der Waals surface area (Å²) in [6, 6.07) is 2.16. The van der Waals surface area contributed by atoms with Crippen LogP contribution in [0.15, 0.2) is 31.0 Å². The van der Waals surface area contributed by atoms with E-state index in [0.29, 0.717) is 18.6 Å². The van der Waals surface area contributed by atoms with E-state index in [2.05, 4.69) is 26.8 Å². The van der Waals surface area contributed by atoms with Crippen LogP contribution in [0.2, 0.25) is 0 Å². The maximum Gasteiger partial charge on any atom is 0.282 e. The van der Waals surface area contributed by atoms with Gasteiger partial charge in [-0.25, -0.2) is 32.5 Å². The SMILES string of the molecule is C=CC(=O)C[C@H]1COC[C@H]1Nc1ncc2cc(-c3c(F)c(OC)cc(OC)c3F)nc(N3CC(F)(F)C3)c2n1. The number of hydrogen-bond donors (Lipinski definition) is 1. The Hall–Kier alpha value is -4.00. The van der Waals surface area contributed by atoms with Crippen molar-refractivity contribution in [1.29, 1.82) is 0 Å². The maximum absolute atomic E-state index is 15.3. The van der Waals surface area contributed by atoms with Crippen molar-refractivity contribution in [3.63, 3.8) is 0 Å². The molecule has 2 atom stereocenters. The average molecular weight is 548 g/mol. The van der Waals surface area contributed by atoms with Gasteiger partial charge in [-0.1, -0.05) is 6.58 Å². The molecule has 0 amide bonds. The summed E-state index contributed by atoms with van der Waals surface area (Å²) in [4.78, 5) is 26.3. The molecule has 0 spiro atoms. The van der Waals surface area contributed by atoms with Crippen LogP contribution in [-0.2, 0) is 9.53 Å². The quantitative estimate of drug-likeness (QED) is 0.315. The molecule has 2 saturated heterocycles. The molecule has 206 valence electrons. The van der Waals surface area contributed by atoms with E-state index >= 15 is 8.78 Å². The topological polar surface area (TPSA) is 98.7 Å². The number of rotatable bonds is 9. The predicted molar refractivity (Wildman–Crippen MR) is 134 cm³/mol. The zero-order valence-corrected chi connectivity index (χ0v) is 21.1. The van der Waals surface area contributed by atoms with Crippen molar-refractivity contribution in [2.45, 2.75) is 18.4 Å². The third-order valence-electron chi connectivity index (χ3n) is 6.73. The fourth-order valence-corrected chi connectivity index (χ4v) is 4.68. The van der Waals surface area contributed by atoms with Gasteiger partial charge >= 0.3 is 0 Å². The van der Waals surface area contributed by atoms with Gasteiger partial charge < -0.3 is 24.4 Å². The summed E-state index contributed by atoms with van der Waals surface area (Å²) < 4.78 is 73.7. The third kappa shape index (κ3) is 5.05. The van der Waals surface area contributed by atoms with Crippen molar-refractivity contribution in [3.05, 3.63) is 42.6 Å². The van der Waals surface area contributed by atoms with Gasteiger partial charge in [0.1, 0.15) is 5.52 Å². The molecule has 2 aliphatic rings. The Morgan fingerprint density at radius 2 is 1.87 bits per heavy atom. The molecule has 2 aliphatic heterocycles. The first-order valence-electron chi connectivity index (χ1n) is 12.0. The third-order valence-corrected chi connectivity index (χ3v) is 6.73. The molecule has 13 heteroatoms. The van der Waals surface area contributed by atoms with E-state index in [-0.39, 0.29) is 58.6 Å². The molecule has 0 unspecified atom stereocenters. The summed E-state index contributed by atoms with van der Waals surface area (Å²) in [5, 5.41) is 3.46. The molecule has 0 bridgehead atoms. The Balaban J connectivity index is 1.58. The number of aromatic nitrogens is 3. The molecular formula is C26H25F4N5O4. The number of anilines is 2. The molecule has 0 saturated carbocycles. The summed E-state index contributed by atoms with van der Waals surface area (Å²) in [5.74, 6) is -5.63. The smallest absolute Gasteiger partial charge is 0.282 e. The molecular weight excluding hydrogens is 522 g/mol. The molecule has 2 fully saturated rings. The lowest BCUT2D eigenvalue weighted by atomic mass is 9.97. The Kier molecular flexibility index (Phi) is 7.02. The number of carbonyl (C=O) groups excluding carboxylic acids is 1. The van der Waals surface area contributed by atoms with Gasteiger partial charge in [0.05, 0.1) is 57.8 Å². The maximum atomic E-state index is 15.3. The number of nitrogens with one attached hydrogen (secondary N) is 1. The standard InChI is InChI=1S/C26H25F4N5O4/c1-4-15(36)5-14-9-39-10-17(14)33-25-31-8-13-6-16(20-21(27)18(37-2)7-19(38-3)22(20)28)32-24(23(13)34-25)35-11-26(29,30)12-35/h4,6-8,14,17H,1,5,9-12H2,2-3H3,(H,31,33,34)/t14-,17+/m0/s1. The van der Waals surface area contributed by atoms with E-state index in [4.69, 9.17) is 14.2 Å². The number of benzene rings is 1. The Morgan fingerprint density at radius 3 is 2.49 bits per heavy atom. The van der Waals surface area contributed by atoms with Crippen LogP contribution in [0.5, 0.6) is 11.5 Å². The zero-order valence-electron chi connectivity index (χ0n) is 21.1. The highest BCUT2D eigenvalue weighted by Gasteiger charge is 2.45. The lowest BCUT2D eigenvalue weighted by molar-refractivity contribution is -0.115. The summed E-state index contributed by atoms with van der Waals surface area (Å²) in [6.07, 6.45) is 2.89. The van der Waals surface area contributed by atoms with E-state index in [1.165, 1.54) is 37.5 Å². The van der Waals surface area contributed by atoms with Gasteiger partial charge in [-0.2, -0.15) is 0 Å². The Morgan fingerprint density at radius 1 is 1.18 bits per heavy atom. The van der Waals surface area contributed by atoms with E-state index in [1.54, 1.807) is 0 Å². The van der Waals surface area contributed by atoms with Crippen LogP contribution in [0.4, 0.5) is 29.3 Å². The van der Waals surface area contributed by atoms with Crippen molar-refractivity contribution in [3.8, 4) is 22.8 Å². The van der Waals surface area contributed by atoms with Crippen LogP contribution in [0, 0.1) is 17.6 Å². The van der Waals surface area contributed by atoms with Crippen molar-refractivity contribution >= 4 is 28.5 Å². The average Bonchev–Trinajstić information content (AvgIpc) is 3.33. The Labute approximate surface area is 220 Å². The highest BCUT2D eigenvalue weighted by Crippen LogP contribution is 2.41. The minimum Gasteiger partial charge on any atom is -0.494 e. The summed E-state index contributed by atoms with van der Waals surface area (Å²) in [5.41, 5.74) is -0.502. The summed E-state index contributed by atoms with van der Waals surface area (Å²) >= 11 is 0. The molecule has 5 rings (SSSR count). The number of methoxy groups -OCH3 is 2. The van der Waals surface area contributed by atoms with Gasteiger partial charge in [0.15, 0.2) is 34.7 Å². The number of allylic oxidation sites excluding steroid dienone is 1. The second-order valence-corrected chi connectivity index (χ2v) is 9.38. The first-order valence-corrected chi connectivity index (χ1v) is 12.0. The van der Waals surface area contributed by atoms with Crippen LogP contribution >= 0.6 is 0 Å². The second-order valence-electron chi connectivity index (χ2n) is 9.38. The van der Waals surface area contributed by atoms with Gasteiger partial charge in [-0.05, 0) is 12.1 Å². The number of halogens is 4. The first-order chi connectivity index (χ1) is 18.6. The minimum absolute atomic E-state index is 0.0144. The van der Waals surface area contributed by atoms with Crippen molar-refractivity contribution in [1.82, 2.24) is 15.0 Å². The second kappa shape index (κ2) is 10.3. The van der Waals surface area contributed by atoms with Crippen molar-refractivity contribution < 1.29 is 36.6 Å². The lowest BCUT2D eigenvalue weighted by Crippen LogP contribution is -2.56. The molecule has 39 heavy (non-hydrogen) atoms. The number of pyridine rings is 1. The highest BCUT2D eigenvalue weighted by atomic mass is 19.3. The molecule has 1 N–H and O–H groups in total. The van der Waals surface area contributed by atoms with Gasteiger partial charge in [0.25, 0.3) is 5.92 Å². The predicted octanol–water partition coefficient (Wildman–Crippen LogP) is 4.01. The first kappa shape index (κ1) is 26.6. The van der Waals surface area contributed by atoms with E-state index in [9.17, 15) is 13.6 Å². The van der Waals surface area contributed by atoms with Crippen molar-refractivity contribution in [2.75, 3.05) is 50.7 Å². The van der Waals surface area contributed by atoms with Crippen LogP contribution in [0.25, 0.3) is 22.2 Å². The van der Waals surface area contributed by atoms with E-state index in [0.717, 1.165) is 6.07 Å². The lowest BCUT2D eigenvalue weighted by Gasteiger charge is -2.39. The number of alkyl halides is 2. The molecule has 3 aromatic rings. The highest BCUT2D eigenvalue weighted by molar-refractivity contribution is 5.93. The van der Waals surface area contributed by atoms with E-state index in [1.807, 2.05) is 0 Å². The van der Waals surface area contributed by atoms with Crippen LogP contribution in [0.1, 0.15) is 6.42 Å². The number of carbonyl (C=O) groups is 1. The van der Waals surface area contributed by atoms with Crippen LogP contribution < -0.4 is 19.7 Å². The molecule has 0 aliphatic carbocycles. The number of hydrogen-bond acceptors (Lipinski definition) is 9. The largest absolute Gasteiger partial charge is 0.494 e. The van der Waals surface area contributed by atoms with Gasteiger partial charge in [-0.3, -0.25) is 4.79 Å². The van der Waals surface area contributed by atoms with Crippen LogP contribution in [0.3, 0.4) is 0 Å². The fourth-order valence-electron chi connectivity index (χ4n) is 4.68. The summed E-state index contributed by atoms with van der Waals surface area (Å²) in [7, 11) is 2.44. The normalized spacial score (nSPS) is 20.0. The number of fused-ring (bicyclic) bond motifs is 1. The van der Waals surface area contributed by atoms with E-state index < -0.39 is 36.2 Å². The number of nitrogens with zero attached hydrogens (tertiary/aromatic N) is 4. The van der Waals surface area contributed by atoms with Gasteiger partial charge in [0.2, 0.25) is 5.95 Å². The number of ether oxygens (including phenoxy) is 3. The van der Waals surface area contributed by atoms with Gasteiger partial charge in [-0.15, -0.1) is 0 Å². The molecule has 1 aromatic carbocycles. The summed E-state index contributed by atoms with van der Waals surface area (Å²) in [6.45, 7) is 2.90.